The smallest absolute Gasteiger partial charge is 0.117 e. The van der Waals surface area contributed by atoms with E-state index in [4.69, 9.17) is 6.42 Å². The van der Waals surface area contributed by atoms with E-state index in [-0.39, 0.29) is 11.3 Å². The monoisotopic (exact) mass is 402 g/mol. The van der Waals surface area contributed by atoms with Gasteiger partial charge in [0.25, 0.3) is 0 Å². The van der Waals surface area contributed by atoms with Crippen LogP contribution in [0.5, 0.6) is 0 Å². The number of hydrogen-bond acceptors (Lipinski definition) is 0. The topological polar surface area (TPSA) is 0 Å². The highest BCUT2D eigenvalue weighted by Crippen LogP contribution is 2.40. The molecule has 0 aromatic carbocycles. The van der Waals surface area contributed by atoms with Gasteiger partial charge >= 0.3 is 0 Å². The Balaban J connectivity index is 6.36. The minimum Gasteiger partial charge on any atom is -0.117 e. The number of hydrogen-bond donors (Lipinski definition) is 0. The van der Waals surface area contributed by atoms with E-state index in [9.17, 15) is 0 Å². The first-order chi connectivity index (χ1) is 14.4. The van der Waals surface area contributed by atoms with Gasteiger partial charge in [-0.2, -0.15) is 0 Å². The Hall–Kier alpha value is -2.20. The fourth-order valence-electron chi connectivity index (χ4n) is 3.02. The van der Waals surface area contributed by atoms with Gasteiger partial charge in [-0.3, -0.25) is 0 Å². The molecule has 2 atom stereocenters. The summed E-state index contributed by atoms with van der Waals surface area (Å²) in [6.07, 6.45) is 17.3. The van der Waals surface area contributed by atoms with Crippen molar-refractivity contribution in [3.05, 3.63) is 0 Å². The Morgan fingerprint density at radius 1 is 0.633 bits per heavy atom. The van der Waals surface area contributed by atoms with Crippen LogP contribution in [0.3, 0.4) is 0 Å². The normalized spacial score (nSPS) is 12.8. The van der Waals surface area contributed by atoms with Crippen molar-refractivity contribution in [3.63, 3.8) is 0 Å². The average Bonchev–Trinajstić information content (AvgIpc) is 2.73. The third-order valence-corrected chi connectivity index (χ3v) is 4.95. The van der Waals surface area contributed by atoms with Crippen LogP contribution >= 0.6 is 0 Å². The number of terminal acetylenes is 1. The molecule has 0 nitrogen and oxygen atoms in total. The second-order valence-corrected chi connectivity index (χ2v) is 8.39. The van der Waals surface area contributed by atoms with Crippen LogP contribution in [0.15, 0.2) is 0 Å². The Morgan fingerprint density at radius 3 is 1.57 bits per heavy atom. The maximum absolute atomic E-state index is 6.14. The molecule has 30 heavy (non-hydrogen) atoms. The van der Waals surface area contributed by atoms with Crippen LogP contribution in [0.1, 0.15) is 112 Å². The minimum atomic E-state index is -0.884. The van der Waals surface area contributed by atoms with Crippen LogP contribution in [0, 0.1) is 76.5 Å². The molecule has 0 bridgehead atoms. The summed E-state index contributed by atoms with van der Waals surface area (Å²) in [6.45, 7) is 13.0. The fraction of sp³-hybridized carbons (Fsp3) is 0.667. The van der Waals surface area contributed by atoms with E-state index >= 15 is 0 Å². The molecule has 0 saturated heterocycles. The zero-order valence-corrected chi connectivity index (χ0v) is 20.4. The van der Waals surface area contributed by atoms with Crippen molar-refractivity contribution in [2.24, 2.45) is 16.7 Å². The van der Waals surface area contributed by atoms with E-state index < -0.39 is 5.41 Å². The van der Waals surface area contributed by atoms with Gasteiger partial charge in [-0.15, -0.1) is 30.1 Å². The Morgan fingerprint density at radius 2 is 1.10 bits per heavy atom. The second-order valence-electron chi connectivity index (χ2n) is 8.39. The lowest BCUT2D eigenvalue weighted by atomic mass is 9.64. The van der Waals surface area contributed by atoms with Gasteiger partial charge in [0.05, 0.1) is 5.92 Å². The van der Waals surface area contributed by atoms with Gasteiger partial charge in [0.15, 0.2) is 5.41 Å². The Kier molecular flexibility index (Phi) is 15.4. The maximum atomic E-state index is 6.14. The summed E-state index contributed by atoms with van der Waals surface area (Å²) in [7, 11) is 0. The lowest BCUT2D eigenvalue weighted by Crippen LogP contribution is -2.36. The molecule has 0 aromatic rings. The van der Waals surface area contributed by atoms with Crippen LogP contribution < -0.4 is 0 Å². The van der Waals surface area contributed by atoms with Crippen molar-refractivity contribution >= 4 is 0 Å². The summed E-state index contributed by atoms with van der Waals surface area (Å²) in [4.78, 5) is 0. The first kappa shape index (κ1) is 27.8. The molecule has 0 heteroatoms. The lowest BCUT2D eigenvalue weighted by molar-refractivity contribution is 0.299. The quantitative estimate of drug-likeness (QED) is 0.275. The van der Waals surface area contributed by atoms with E-state index in [0.717, 1.165) is 70.6 Å². The summed E-state index contributed by atoms with van der Waals surface area (Å²) >= 11 is 0. The Labute approximate surface area is 188 Å². The van der Waals surface area contributed by atoms with Gasteiger partial charge < -0.3 is 0 Å². The number of unbranched alkanes of at least 4 members (excludes halogenated alkanes) is 7. The molecule has 0 aliphatic carbocycles. The van der Waals surface area contributed by atoms with Crippen molar-refractivity contribution in [2.75, 3.05) is 0 Å². The molecular weight excluding hydrogens is 360 g/mol. The largest absolute Gasteiger partial charge is 0.166 e. The molecule has 0 aliphatic rings. The molecular formula is C30H42. The average molecular weight is 403 g/mol. The molecule has 162 valence electrons. The molecule has 0 radical (unpaired) electrons. The van der Waals surface area contributed by atoms with Gasteiger partial charge in [0, 0.05) is 31.1 Å². The van der Waals surface area contributed by atoms with Crippen molar-refractivity contribution in [2.45, 2.75) is 112 Å². The zero-order valence-electron chi connectivity index (χ0n) is 20.4. The van der Waals surface area contributed by atoms with Gasteiger partial charge in [-0.25, -0.2) is 0 Å². The van der Waals surface area contributed by atoms with Gasteiger partial charge in [-0.1, -0.05) is 76.6 Å². The van der Waals surface area contributed by atoms with Crippen molar-refractivity contribution in [1.29, 1.82) is 0 Å². The van der Waals surface area contributed by atoms with Crippen LogP contribution in [0.25, 0.3) is 0 Å². The van der Waals surface area contributed by atoms with Crippen LogP contribution in [0.2, 0.25) is 0 Å². The van der Waals surface area contributed by atoms with Crippen molar-refractivity contribution < 1.29 is 0 Å². The summed E-state index contributed by atoms with van der Waals surface area (Å²) < 4.78 is 0. The highest BCUT2D eigenvalue weighted by Gasteiger charge is 2.43. The van der Waals surface area contributed by atoms with E-state index in [2.05, 4.69) is 94.8 Å². The molecule has 0 aromatic heterocycles. The third-order valence-electron chi connectivity index (χ3n) is 4.95. The number of rotatable bonds is 9. The summed E-state index contributed by atoms with van der Waals surface area (Å²) in [5.41, 5.74) is -1.27. The highest BCUT2D eigenvalue weighted by atomic mass is 14.4. The molecule has 0 heterocycles. The van der Waals surface area contributed by atoms with Crippen LogP contribution in [0.4, 0.5) is 0 Å². The molecule has 0 N–H and O–H groups in total. The second kappa shape index (κ2) is 16.6. The molecule has 0 saturated carbocycles. The maximum Gasteiger partial charge on any atom is 0.166 e. The highest BCUT2D eigenvalue weighted by molar-refractivity contribution is 5.44. The van der Waals surface area contributed by atoms with Crippen molar-refractivity contribution in [1.82, 2.24) is 0 Å². The standard InChI is InChI=1S/C30H42/c1-8-13-17-20-24-28(29(6,7)25-22-18-14-9-2)30(12-5,26-21-16-11-4)27-23-19-15-10-3/h5,28H,8-11,13-19H2,1-4,6-7H3. The predicted octanol–water partition coefficient (Wildman–Crippen LogP) is 7.63. The van der Waals surface area contributed by atoms with E-state index in [0.29, 0.717) is 0 Å². The SMILES string of the molecule is C#CC(C#CCCC)(C#CCCCC)C(C#CCCCC)C(C)(C)C#CCCCC. The van der Waals surface area contributed by atoms with Crippen LogP contribution in [-0.2, 0) is 0 Å². The molecule has 2 unspecified atom stereocenters. The zero-order chi connectivity index (χ0) is 22.7. The molecule has 0 spiro atoms. The van der Waals surface area contributed by atoms with Gasteiger partial charge in [0.1, 0.15) is 0 Å². The van der Waals surface area contributed by atoms with E-state index in [1.165, 1.54) is 0 Å². The van der Waals surface area contributed by atoms with Gasteiger partial charge in [-0.05, 0) is 39.5 Å². The fourth-order valence-corrected chi connectivity index (χ4v) is 3.02. The summed E-state index contributed by atoms with van der Waals surface area (Å²) in [6, 6.07) is 0. The Bertz CT molecular complexity index is 757. The minimum absolute atomic E-state index is 0.209. The molecule has 0 aliphatic heterocycles. The van der Waals surface area contributed by atoms with E-state index in [1.807, 2.05) is 0 Å². The van der Waals surface area contributed by atoms with E-state index in [1.54, 1.807) is 0 Å². The molecule has 0 rings (SSSR count). The summed E-state index contributed by atoms with van der Waals surface area (Å²) in [5.74, 6) is 29.9. The summed E-state index contributed by atoms with van der Waals surface area (Å²) in [5, 5.41) is 0. The lowest BCUT2D eigenvalue weighted by Gasteiger charge is -2.34. The molecule has 0 amide bonds. The molecule has 0 fully saturated rings. The third kappa shape index (κ3) is 10.5. The first-order valence-electron chi connectivity index (χ1n) is 11.9. The van der Waals surface area contributed by atoms with Crippen molar-refractivity contribution in [3.8, 4) is 59.7 Å². The predicted molar refractivity (Wildman–Crippen MR) is 133 cm³/mol. The van der Waals surface area contributed by atoms with Gasteiger partial charge in [0.2, 0.25) is 0 Å². The van der Waals surface area contributed by atoms with Crippen LogP contribution in [-0.4, -0.2) is 0 Å². The first-order valence-corrected chi connectivity index (χ1v) is 11.9.